The topological polar surface area (TPSA) is 75.7 Å². The first-order valence-corrected chi connectivity index (χ1v) is 10.7. The molecule has 0 saturated heterocycles. The lowest BCUT2D eigenvalue weighted by molar-refractivity contribution is -0.119. The summed E-state index contributed by atoms with van der Waals surface area (Å²) >= 11 is 0. The zero-order valence-corrected chi connectivity index (χ0v) is 16.5. The third-order valence-corrected chi connectivity index (χ3v) is 6.68. The van der Waals surface area contributed by atoms with E-state index in [4.69, 9.17) is 0 Å². The SMILES string of the molecule is O=C(CN1c2cccc3cccc(c23)S1(=O)=O)NCCc1ccccc1OC(F)F. The monoisotopic (exact) mass is 432 g/mol. The van der Waals surface area contributed by atoms with Crippen molar-refractivity contribution in [1.29, 1.82) is 0 Å². The minimum absolute atomic E-state index is 0.0472. The molecule has 1 N–H and O–H groups in total. The van der Waals surface area contributed by atoms with Crippen LogP contribution in [-0.2, 0) is 21.2 Å². The van der Waals surface area contributed by atoms with E-state index in [2.05, 4.69) is 10.1 Å². The Balaban J connectivity index is 1.44. The molecule has 3 aromatic rings. The van der Waals surface area contributed by atoms with Gasteiger partial charge in [-0.3, -0.25) is 9.10 Å². The molecule has 1 heterocycles. The largest absolute Gasteiger partial charge is 0.435 e. The first-order valence-electron chi connectivity index (χ1n) is 9.22. The van der Waals surface area contributed by atoms with E-state index >= 15 is 0 Å². The number of hydrogen-bond acceptors (Lipinski definition) is 4. The van der Waals surface area contributed by atoms with Crippen LogP contribution in [0, 0.1) is 0 Å². The van der Waals surface area contributed by atoms with Gasteiger partial charge in [-0.25, -0.2) is 8.42 Å². The van der Waals surface area contributed by atoms with Gasteiger partial charge >= 0.3 is 6.61 Å². The molecule has 156 valence electrons. The Bertz CT molecular complexity index is 1210. The minimum atomic E-state index is -3.82. The molecule has 1 amide bonds. The third-order valence-electron chi connectivity index (χ3n) is 4.87. The van der Waals surface area contributed by atoms with Crippen LogP contribution in [0.2, 0.25) is 0 Å². The fourth-order valence-electron chi connectivity index (χ4n) is 3.57. The number of anilines is 1. The highest BCUT2D eigenvalue weighted by atomic mass is 32.2. The van der Waals surface area contributed by atoms with Crippen LogP contribution in [0.5, 0.6) is 5.75 Å². The summed E-state index contributed by atoms with van der Waals surface area (Å²) in [5, 5.41) is 4.03. The summed E-state index contributed by atoms with van der Waals surface area (Å²) in [6.07, 6.45) is 0.261. The average Bonchev–Trinajstić information content (AvgIpc) is 2.92. The van der Waals surface area contributed by atoms with Crippen molar-refractivity contribution in [3.63, 3.8) is 0 Å². The normalized spacial score (nSPS) is 14.3. The first-order chi connectivity index (χ1) is 14.4. The zero-order chi connectivity index (χ0) is 21.3. The lowest BCUT2D eigenvalue weighted by atomic mass is 10.1. The predicted octanol–water partition coefficient (Wildman–Crippen LogP) is 3.31. The number of sulfonamides is 1. The number of halogens is 2. The van der Waals surface area contributed by atoms with Gasteiger partial charge in [0.2, 0.25) is 5.91 Å². The molecule has 30 heavy (non-hydrogen) atoms. The van der Waals surface area contributed by atoms with Crippen LogP contribution in [0.4, 0.5) is 14.5 Å². The Hall–Kier alpha value is -3.20. The van der Waals surface area contributed by atoms with E-state index in [1.165, 1.54) is 12.1 Å². The maximum Gasteiger partial charge on any atom is 0.387 e. The second-order valence-electron chi connectivity index (χ2n) is 6.73. The van der Waals surface area contributed by atoms with Gasteiger partial charge in [-0.2, -0.15) is 8.78 Å². The predicted molar refractivity (Wildman–Crippen MR) is 108 cm³/mol. The number of carbonyl (C=O) groups is 1. The van der Waals surface area contributed by atoms with Crippen LogP contribution in [-0.4, -0.2) is 34.0 Å². The van der Waals surface area contributed by atoms with Crippen LogP contribution >= 0.6 is 0 Å². The molecule has 6 nitrogen and oxygen atoms in total. The molecule has 3 aromatic carbocycles. The molecule has 1 aliphatic heterocycles. The Labute approximate surface area is 172 Å². The summed E-state index contributed by atoms with van der Waals surface area (Å²) in [4.78, 5) is 12.6. The van der Waals surface area contributed by atoms with Crippen molar-refractivity contribution in [3.05, 3.63) is 66.2 Å². The molecule has 0 spiro atoms. The van der Waals surface area contributed by atoms with E-state index in [-0.39, 0.29) is 30.2 Å². The lowest BCUT2D eigenvalue weighted by Gasteiger charge is -2.18. The summed E-state index contributed by atoms with van der Waals surface area (Å²) in [5.74, 6) is -0.443. The van der Waals surface area contributed by atoms with E-state index in [9.17, 15) is 22.0 Å². The minimum Gasteiger partial charge on any atom is -0.435 e. The van der Waals surface area contributed by atoms with Gasteiger partial charge in [0.1, 0.15) is 12.3 Å². The Kier molecular flexibility index (Phi) is 5.29. The molecule has 0 radical (unpaired) electrons. The lowest BCUT2D eigenvalue weighted by Crippen LogP contribution is -2.39. The Morgan fingerprint density at radius 1 is 1.03 bits per heavy atom. The van der Waals surface area contributed by atoms with Gasteiger partial charge < -0.3 is 10.1 Å². The maximum atomic E-state index is 12.9. The molecule has 1 aliphatic rings. The number of hydrogen-bond donors (Lipinski definition) is 1. The van der Waals surface area contributed by atoms with Crippen molar-refractivity contribution >= 4 is 32.4 Å². The molecule has 4 rings (SSSR count). The van der Waals surface area contributed by atoms with Gasteiger partial charge in [-0.05, 0) is 35.6 Å². The third kappa shape index (κ3) is 3.68. The number of benzene rings is 3. The maximum absolute atomic E-state index is 12.9. The average molecular weight is 432 g/mol. The van der Waals surface area contributed by atoms with Crippen molar-refractivity contribution in [2.24, 2.45) is 0 Å². The number of carbonyl (C=O) groups excluding carboxylic acids is 1. The second-order valence-corrected chi connectivity index (χ2v) is 8.56. The smallest absolute Gasteiger partial charge is 0.387 e. The van der Waals surface area contributed by atoms with Crippen LogP contribution in [0.25, 0.3) is 10.8 Å². The summed E-state index contributed by atoms with van der Waals surface area (Å²) in [6.45, 7) is -3.16. The standard InChI is InChI=1S/C21H18F2N2O4S/c22-21(23)29-17-9-2-1-5-14(17)11-12-24-19(26)13-25-16-8-3-6-15-7-4-10-18(20(15)16)30(25,27)28/h1-10,21H,11-13H2,(H,24,26). The molecule has 0 unspecified atom stereocenters. The Morgan fingerprint density at radius 3 is 2.53 bits per heavy atom. The van der Waals surface area contributed by atoms with Crippen LogP contribution in [0.15, 0.2) is 65.6 Å². The number of para-hydroxylation sites is 1. The van der Waals surface area contributed by atoms with E-state index in [0.29, 0.717) is 16.6 Å². The van der Waals surface area contributed by atoms with Gasteiger partial charge in [-0.15, -0.1) is 0 Å². The molecular weight excluding hydrogens is 414 g/mol. The van der Waals surface area contributed by atoms with E-state index in [1.807, 2.05) is 12.1 Å². The van der Waals surface area contributed by atoms with Crippen molar-refractivity contribution in [2.45, 2.75) is 17.9 Å². The van der Waals surface area contributed by atoms with Crippen LogP contribution in [0.3, 0.4) is 0 Å². The van der Waals surface area contributed by atoms with E-state index < -0.39 is 22.5 Å². The number of nitrogens with zero attached hydrogens (tertiary/aromatic N) is 1. The molecule has 0 aromatic heterocycles. The molecular formula is C21H18F2N2O4S. The highest BCUT2D eigenvalue weighted by Crippen LogP contribution is 2.41. The van der Waals surface area contributed by atoms with Crippen molar-refractivity contribution in [2.75, 3.05) is 17.4 Å². The van der Waals surface area contributed by atoms with Crippen molar-refractivity contribution in [1.82, 2.24) is 5.32 Å². The van der Waals surface area contributed by atoms with Gasteiger partial charge in [-0.1, -0.05) is 42.5 Å². The van der Waals surface area contributed by atoms with Gasteiger partial charge in [0.25, 0.3) is 10.0 Å². The van der Waals surface area contributed by atoms with Gasteiger partial charge in [0, 0.05) is 11.9 Å². The quantitative estimate of drug-likeness (QED) is 0.622. The van der Waals surface area contributed by atoms with Crippen molar-refractivity contribution < 1.29 is 26.7 Å². The molecule has 0 aliphatic carbocycles. The molecule has 0 fully saturated rings. The fourth-order valence-corrected chi connectivity index (χ4v) is 5.24. The van der Waals surface area contributed by atoms with Gasteiger partial charge in [0.15, 0.2) is 0 Å². The van der Waals surface area contributed by atoms with Crippen molar-refractivity contribution in [3.8, 4) is 5.75 Å². The second kappa shape index (κ2) is 7.91. The van der Waals surface area contributed by atoms with Gasteiger partial charge in [0.05, 0.1) is 10.6 Å². The number of alkyl halides is 2. The summed E-state index contributed by atoms with van der Waals surface area (Å²) in [5.41, 5.74) is 0.984. The highest BCUT2D eigenvalue weighted by molar-refractivity contribution is 7.93. The zero-order valence-electron chi connectivity index (χ0n) is 15.7. The molecule has 0 saturated carbocycles. The summed E-state index contributed by atoms with van der Waals surface area (Å²) in [7, 11) is -3.82. The number of nitrogens with one attached hydrogen (secondary N) is 1. The summed E-state index contributed by atoms with van der Waals surface area (Å²) in [6, 6.07) is 16.6. The molecule has 0 bridgehead atoms. The number of ether oxygens (including phenoxy) is 1. The number of amides is 1. The number of rotatable bonds is 7. The fraction of sp³-hybridized carbons (Fsp3) is 0.190. The molecule has 9 heteroatoms. The summed E-state index contributed by atoms with van der Waals surface area (Å²) < 4.78 is 56.4. The van der Waals surface area contributed by atoms with Crippen LogP contribution in [0.1, 0.15) is 5.56 Å². The molecule has 0 atom stereocenters. The van der Waals surface area contributed by atoms with E-state index in [1.54, 1.807) is 36.4 Å². The Morgan fingerprint density at radius 2 is 1.77 bits per heavy atom. The van der Waals surface area contributed by atoms with E-state index in [0.717, 1.165) is 9.69 Å². The highest BCUT2D eigenvalue weighted by Gasteiger charge is 2.36. The first kappa shape index (κ1) is 20.1. The van der Waals surface area contributed by atoms with Crippen LogP contribution < -0.4 is 14.4 Å².